The van der Waals surface area contributed by atoms with Crippen molar-refractivity contribution >= 4 is 109 Å². The van der Waals surface area contributed by atoms with Crippen LogP contribution in [-0.2, 0) is 32.5 Å². The van der Waals surface area contributed by atoms with E-state index in [0.717, 1.165) is 79.7 Å². The number of piperidine rings is 3. The van der Waals surface area contributed by atoms with Gasteiger partial charge in [0.25, 0.3) is 23.6 Å². The van der Waals surface area contributed by atoms with E-state index in [-0.39, 0.29) is 134 Å². The Bertz CT molecular complexity index is 7770. The number of rotatable bonds is 8. The molecule has 5 fully saturated rings. The summed E-state index contributed by atoms with van der Waals surface area (Å²) in [6.45, 7) is 7.53. The van der Waals surface area contributed by atoms with Gasteiger partial charge in [-0.15, -0.1) is 47.0 Å². The van der Waals surface area contributed by atoms with Crippen molar-refractivity contribution in [3.8, 4) is 23.0 Å². The van der Waals surface area contributed by atoms with Crippen LogP contribution in [0.15, 0.2) is 239 Å². The minimum Gasteiger partial charge on any atom is -0.474 e. The molecule has 4 amide bonds. The number of hydrogen-bond acceptors (Lipinski definition) is 22. The molecule has 0 saturated carbocycles. The molecule has 12 aromatic rings. The molecule has 44 heteroatoms. The number of nitrogens with zero attached hydrogens (tertiary/aromatic N) is 12. The van der Waals surface area contributed by atoms with E-state index in [1.165, 1.54) is 93.5 Å². The molecule has 13 atom stereocenters. The zero-order valence-corrected chi connectivity index (χ0v) is 88.1. The van der Waals surface area contributed by atoms with Gasteiger partial charge in [-0.1, -0.05) is 117 Å². The normalized spacial score (nSPS) is 22.2. The largest absolute Gasteiger partial charge is 0.474 e. The van der Waals surface area contributed by atoms with Crippen molar-refractivity contribution < 1.29 is 90.7 Å². The van der Waals surface area contributed by atoms with E-state index in [9.17, 15) is 64.7 Å². The quantitative estimate of drug-likeness (QED) is 0.101. The minimum atomic E-state index is -4.50. The summed E-state index contributed by atoms with van der Waals surface area (Å²) in [5, 5.41) is 7.72. The first-order valence-electron chi connectivity index (χ1n) is 48.5. The number of thioether (sulfide) groups is 4. The number of amides is 4. The highest BCUT2D eigenvalue weighted by Crippen LogP contribution is 2.56. The lowest BCUT2D eigenvalue weighted by Crippen LogP contribution is -2.66. The molecule has 4 aromatic heterocycles. The number of aromatic nitrogens is 4. The Morgan fingerprint density at radius 3 is 1.06 bits per heavy atom. The second kappa shape index (κ2) is 41.0. The number of fused-ring (bicyclic) bond motifs is 16. The highest BCUT2D eigenvalue weighted by atomic mass is 32.2. The van der Waals surface area contributed by atoms with Crippen LogP contribution in [0, 0.1) is 57.5 Å². The Kier molecular flexibility index (Phi) is 28.0. The maximum atomic E-state index is 15.4. The van der Waals surface area contributed by atoms with Crippen LogP contribution in [0.1, 0.15) is 198 Å². The third-order valence-corrected chi connectivity index (χ3v) is 36.2. The van der Waals surface area contributed by atoms with Crippen LogP contribution in [0.2, 0.25) is 0 Å². The number of halogens is 10. The lowest BCUT2D eigenvalue weighted by molar-refractivity contribution is -0.189. The summed E-state index contributed by atoms with van der Waals surface area (Å²) in [6, 6.07) is 46.9. The van der Waals surface area contributed by atoms with E-state index >= 15 is 17.6 Å². The lowest BCUT2D eigenvalue weighted by atomic mass is 9.71. The van der Waals surface area contributed by atoms with Crippen LogP contribution in [0.25, 0.3) is 0 Å². The minimum absolute atomic E-state index is 0.00963. The molecule has 25 rings (SSSR count). The Morgan fingerprint density at radius 1 is 0.340 bits per heavy atom. The fraction of sp³-hybridized carbons (Fsp3) is 0.321. The van der Waals surface area contributed by atoms with E-state index in [1.54, 1.807) is 95.6 Å². The molecule has 17 heterocycles. The predicted octanol–water partition coefficient (Wildman–Crippen LogP) is 18.9. The SMILES string of the molecule is CC1(C)CCN2C(=O)c3c(OP)c(=O)ccn3N([C@@H]3c4ccccc4SCc4c3ccc(F)c4F)[C@@H]2C1.O=C1c2c(OP)c(=O)ccn2N([C@@H]2c3ccccc3SCc3c(F)cccc32)[C@@H]2COCCN12.O=C1c2c(OP)c(=O)ccn2N([C@@H]2c3ccccc3SCc3c2ccc(F)c3F)[C@@H]2CC3(CCOCC3)CCN12.O=C1c2c(OP)c(=O)ccn2N([C@@H]2c3ccccc3SCc3c2ccc(F)c3F)[C@@H]2C[C@@H](C(F)(F)F)CCN12. The highest BCUT2D eigenvalue weighted by Gasteiger charge is 2.57. The molecule has 1 spiro atoms. The average Bonchev–Trinajstić information content (AvgIpc) is 1.45. The molecule has 13 aliphatic heterocycles. The van der Waals surface area contributed by atoms with Gasteiger partial charge in [-0.3, -0.25) is 77.1 Å². The molecule has 13 aliphatic rings. The molecule has 0 bridgehead atoms. The predicted molar refractivity (Wildman–Crippen MR) is 558 cm³/mol. The third kappa shape index (κ3) is 17.7. The van der Waals surface area contributed by atoms with Gasteiger partial charge in [0.15, 0.2) is 57.7 Å². The van der Waals surface area contributed by atoms with Gasteiger partial charge in [0, 0.05) is 153 Å². The topological polar surface area (TPSA) is 238 Å². The van der Waals surface area contributed by atoms with Gasteiger partial charge in [0.05, 0.1) is 81.2 Å². The smallest absolute Gasteiger partial charge is 0.392 e. The third-order valence-electron chi connectivity index (χ3n) is 30.8. The summed E-state index contributed by atoms with van der Waals surface area (Å²) in [5.74, 6) is -8.32. The maximum absolute atomic E-state index is 15.4. The van der Waals surface area contributed by atoms with Gasteiger partial charge >= 0.3 is 6.18 Å². The van der Waals surface area contributed by atoms with Gasteiger partial charge < -0.3 is 47.2 Å². The second-order valence-electron chi connectivity index (χ2n) is 39.3. The van der Waals surface area contributed by atoms with Gasteiger partial charge in [-0.2, -0.15) is 13.2 Å². The Morgan fingerprint density at radius 2 is 0.673 bits per heavy atom. The molecule has 0 radical (unpaired) electrons. The van der Waals surface area contributed by atoms with Crippen molar-refractivity contribution in [3.05, 3.63) is 372 Å². The molecule has 8 aromatic carbocycles. The highest BCUT2D eigenvalue weighted by molar-refractivity contribution is 7.99. The standard InChI is InChI=1S/C29H28F2N3O4PS.C27H26F2N3O3PS.C26H21F5N3O3PS.C24H21FN3O4PS/c30-20-6-5-17-19(24(20)31)16-40-22-4-2-1-3-18(22)25(17)34-23-15-29(9-13-37-14-10-29)8-12-32(23)28(36)26-27(38-39)21(35)7-11-33(26)34;1-27(2)10-12-30-21(13-27)32(31-11-9-19(33)25(35-36)24(31)26(30)34)23-15-7-8-18(28)22(29)17(15)14-37-20-6-4-3-5-16(20)23;27-17-6-5-14-16(21(17)28)12-39-19-4-2-1-3-15(19)22(14)34-20-11-13(26(29,30)31)7-9-32(20)25(36)23-24(37-38)18(35)8-10-33(23)34;25-17-6-3-5-14-16(17)13-34-19-7-2-1-4-15(19)21(14)28-20-12-31-11-10-26(20)24(30)22-23(32-33)18(29)8-9-27(22)28/h1-7,11,23,25H,8-10,12-16,39H2;3-9,11,21,23H,10,12-14,36H2,1-2H3;1-6,8,10,13,20,22H,7,9,11-12,38H2;1-9,20-21H,10-13,33H2/t23-,25+;21-,23+;13-,20+,22-;20-,21+/m1101/s1. The van der Waals surface area contributed by atoms with Crippen LogP contribution in [0.5, 0.6) is 23.0 Å². The summed E-state index contributed by atoms with van der Waals surface area (Å²) in [7, 11) is 8.14. The van der Waals surface area contributed by atoms with E-state index in [4.69, 9.17) is 27.6 Å². The summed E-state index contributed by atoms with van der Waals surface area (Å²) >= 11 is 5.81. The van der Waals surface area contributed by atoms with Crippen LogP contribution in [0.4, 0.5) is 43.9 Å². The van der Waals surface area contributed by atoms with Crippen molar-refractivity contribution in [2.24, 2.45) is 16.7 Å². The molecule has 0 N–H and O–H groups in total. The van der Waals surface area contributed by atoms with Crippen molar-refractivity contribution in [2.45, 2.75) is 163 Å². The number of alkyl halides is 3. The number of benzene rings is 8. The van der Waals surface area contributed by atoms with Crippen molar-refractivity contribution in [3.63, 3.8) is 0 Å². The molecule has 4 unspecified atom stereocenters. The molecule has 0 aliphatic carbocycles. The number of carbonyl (C=O) groups excluding carboxylic acids is 4. The zero-order valence-electron chi connectivity index (χ0n) is 80.2. The molecular weight excluding hydrogens is 2110 g/mol. The van der Waals surface area contributed by atoms with Crippen LogP contribution in [0.3, 0.4) is 0 Å². The second-order valence-corrected chi connectivity index (χ2v) is 44.3. The first-order chi connectivity index (χ1) is 72.3. The first kappa shape index (κ1) is 103. The van der Waals surface area contributed by atoms with Crippen molar-refractivity contribution in [1.29, 1.82) is 0 Å². The molecular formula is C106H96F10N12O14P4S4. The number of carbonyl (C=O) groups is 4. The first-order valence-corrected chi connectivity index (χ1v) is 54.3. The van der Waals surface area contributed by atoms with Gasteiger partial charge in [0.1, 0.15) is 30.5 Å². The zero-order chi connectivity index (χ0) is 105. The van der Waals surface area contributed by atoms with E-state index in [2.05, 4.69) is 47.3 Å². The lowest BCUT2D eigenvalue weighted by Gasteiger charge is -2.56. The fourth-order valence-corrected chi connectivity index (χ4v) is 28.9. The Labute approximate surface area is 878 Å². The Hall–Kier alpha value is -11.8. The summed E-state index contributed by atoms with van der Waals surface area (Å²) in [5.41, 5.74) is 5.62. The monoisotopic (exact) mass is 2200 g/mol. The summed E-state index contributed by atoms with van der Waals surface area (Å²) < 4.78 is 186. The fourth-order valence-electron chi connectivity index (χ4n) is 23.5. The number of pyridine rings is 4. The van der Waals surface area contributed by atoms with E-state index < -0.39 is 118 Å². The molecule has 26 nitrogen and oxygen atoms in total. The number of ether oxygens (including phenoxy) is 2. The van der Waals surface area contributed by atoms with Crippen LogP contribution in [-0.4, -0.2) is 145 Å². The average molecular weight is 2200 g/mol. The number of morpholine rings is 1. The summed E-state index contributed by atoms with van der Waals surface area (Å²) in [6.07, 6.45) is 3.28. The van der Waals surface area contributed by atoms with Crippen molar-refractivity contribution in [2.75, 3.05) is 72.6 Å². The van der Waals surface area contributed by atoms with E-state index in [1.807, 2.05) is 109 Å². The molecule has 150 heavy (non-hydrogen) atoms. The van der Waals surface area contributed by atoms with Gasteiger partial charge in [0.2, 0.25) is 44.7 Å². The number of hydrogen-bond donors (Lipinski definition) is 0. The van der Waals surface area contributed by atoms with Crippen LogP contribution < -0.4 is 59.8 Å². The van der Waals surface area contributed by atoms with Crippen molar-refractivity contribution in [1.82, 2.24) is 38.3 Å². The molecule has 778 valence electrons. The van der Waals surface area contributed by atoms with Gasteiger partial charge in [-0.05, 0) is 155 Å². The Balaban J connectivity index is 0.000000113. The molecule has 5 saturated heterocycles. The maximum Gasteiger partial charge on any atom is 0.392 e. The van der Waals surface area contributed by atoms with Gasteiger partial charge in [-0.25, -0.2) is 30.7 Å². The van der Waals surface area contributed by atoms with Crippen LogP contribution >= 0.6 is 84.9 Å². The summed E-state index contributed by atoms with van der Waals surface area (Å²) in [4.78, 5) is 116. The van der Waals surface area contributed by atoms with E-state index in [0.29, 0.717) is 97.0 Å².